The molecule has 2 aromatic rings. The molecule has 2 rings (SSSR count). The molecule has 19 heavy (non-hydrogen) atoms. The number of aryl methyl sites for hydroxylation is 2. The van der Waals surface area contributed by atoms with Gasteiger partial charge in [0.1, 0.15) is 10.7 Å². The summed E-state index contributed by atoms with van der Waals surface area (Å²) >= 11 is 1.65. The lowest BCUT2D eigenvalue weighted by Crippen LogP contribution is -2.27. The van der Waals surface area contributed by atoms with E-state index in [4.69, 9.17) is 5.73 Å². The van der Waals surface area contributed by atoms with Crippen LogP contribution in [0.5, 0.6) is 0 Å². The van der Waals surface area contributed by atoms with Gasteiger partial charge in [0.05, 0.1) is 6.20 Å². The highest BCUT2D eigenvalue weighted by Crippen LogP contribution is 2.27. The average molecular weight is 300 g/mol. The fourth-order valence-corrected chi connectivity index (χ4v) is 4.21. The van der Waals surface area contributed by atoms with E-state index in [1.54, 1.807) is 11.3 Å². The van der Waals surface area contributed by atoms with Gasteiger partial charge in [-0.25, -0.2) is 13.1 Å². The van der Waals surface area contributed by atoms with Crippen LogP contribution in [0.25, 0.3) is 0 Å². The number of thiophene rings is 1. The van der Waals surface area contributed by atoms with Crippen LogP contribution in [0.4, 0.5) is 5.82 Å². The second-order valence-corrected chi connectivity index (χ2v) is 7.50. The van der Waals surface area contributed by atoms with Gasteiger partial charge in [-0.05, 0) is 32.4 Å². The first-order valence-corrected chi connectivity index (χ1v) is 7.99. The first kappa shape index (κ1) is 14.0. The van der Waals surface area contributed by atoms with E-state index in [1.807, 2.05) is 26.8 Å². The van der Waals surface area contributed by atoms with E-state index in [9.17, 15) is 8.42 Å². The number of nitrogens with zero attached hydrogens (tertiary/aromatic N) is 1. The lowest BCUT2D eigenvalue weighted by molar-refractivity contribution is 0.567. The summed E-state index contributed by atoms with van der Waals surface area (Å²) in [6, 6.07) is 1.68. The zero-order valence-electron chi connectivity index (χ0n) is 10.9. The van der Waals surface area contributed by atoms with E-state index < -0.39 is 10.0 Å². The van der Waals surface area contributed by atoms with E-state index in [0.717, 1.165) is 15.3 Å². The topological polar surface area (TPSA) is 101 Å². The molecule has 0 amide bonds. The normalized spacial score (nSPS) is 13.6. The molecule has 0 saturated heterocycles. The van der Waals surface area contributed by atoms with Crippen LogP contribution in [-0.4, -0.2) is 18.6 Å². The van der Waals surface area contributed by atoms with E-state index in [2.05, 4.69) is 14.9 Å². The number of aromatic amines is 1. The molecule has 0 aliphatic rings. The number of sulfonamides is 1. The minimum atomic E-state index is -3.67. The van der Waals surface area contributed by atoms with E-state index in [1.165, 1.54) is 6.20 Å². The van der Waals surface area contributed by atoms with Gasteiger partial charge in [0.2, 0.25) is 10.0 Å². The molecule has 0 saturated carbocycles. The maximum atomic E-state index is 12.2. The van der Waals surface area contributed by atoms with Gasteiger partial charge in [-0.2, -0.15) is 5.10 Å². The molecular weight excluding hydrogens is 284 g/mol. The predicted octanol–water partition coefficient (Wildman–Crippen LogP) is 1.71. The number of nitrogens with one attached hydrogen (secondary N) is 2. The van der Waals surface area contributed by atoms with Crippen molar-refractivity contribution >= 4 is 27.2 Å². The van der Waals surface area contributed by atoms with Gasteiger partial charge in [-0.3, -0.25) is 5.10 Å². The van der Waals surface area contributed by atoms with Crippen LogP contribution in [0.3, 0.4) is 0 Å². The Morgan fingerprint density at radius 2 is 2.16 bits per heavy atom. The molecule has 2 aromatic heterocycles. The zero-order chi connectivity index (χ0) is 14.2. The van der Waals surface area contributed by atoms with Crippen molar-refractivity contribution < 1.29 is 8.42 Å². The Kier molecular flexibility index (Phi) is 3.66. The third-order valence-corrected chi connectivity index (χ3v) is 5.35. The summed E-state index contributed by atoms with van der Waals surface area (Å²) in [4.78, 5) is 2.23. The lowest BCUT2D eigenvalue weighted by Gasteiger charge is -2.13. The van der Waals surface area contributed by atoms with Gasteiger partial charge in [-0.1, -0.05) is 0 Å². The van der Waals surface area contributed by atoms with Gasteiger partial charge in [0.25, 0.3) is 0 Å². The van der Waals surface area contributed by atoms with Crippen LogP contribution in [-0.2, 0) is 10.0 Å². The summed E-state index contributed by atoms with van der Waals surface area (Å²) in [7, 11) is -3.67. The summed E-state index contributed by atoms with van der Waals surface area (Å²) in [6.45, 7) is 5.78. The van der Waals surface area contributed by atoms with Crippen molar-refractivity contribution in [2.24, 2.45) is 0 Å². The Labute approximate surface area is 116 Å². The van der Waals surface area contributed by atoms with Crippen LogP contribution in [0.1, 0.15) is 28.3 Å². The van der Waals surface area contributed by atoms with Crippen molar-refractivity contribution in [1.29, 1.82) is 0 Å². The fraction of sp³-hybridized carbons (Fsp3) is 0.364. The standard InChI is InChI=1S/C11H16N4O2S2/c1-6-4-9(8(3)18-6)7(2)15-19(16,17)10-5-13-14-11(10)12/h4-5,7,15H,1-3H3,(H3,12,13,14). The number of nitrogen functional groups attached to an aromatic ring is 1. The number of hydrogen-bond acceptors (Lipinski definition) is 5. The Morgan fingerprint density at radius 1 is 1.47 bits per heavy atom. The second kappa shape index (κ2) is 4.95. The summed E-state index contributed by atoms with van der Waals surface area (Å²) in [5.41, 5.74) is 6.52. The monoisotopic (exact) mass is 300 g/mol. The van der Waals surface area contributed by atoms with Gasteiger partial charge >= 0.3 is 0 Å². The molecule has 0 aliphatic heterocycles. The minimum absolute atomic E-state index is 0.0241. The Balaban J connectivity index is 2.26. The van der Waals surface area contributed by atoms with Crippen molar-refractivity contribution in [3.8, 4) is 0 Å². The number of nitrogens with two attached hydrogens (primary N) is 1. The molecule has 0 aromatic carbocycles. The maximum absolute atomic E-state index is 12.2. The van der Waals surface area contributed by atoms with E-state index >= 15 is 0 Å². The Hall–Kier alpha value is -1.38. The summed E-state index contributed by atoms with van der Waals surface area (Å²) in [5, 5.41) is 6.04. The molecule has 2 heterocycles. The van der Waals surface area contributed by atoms with Gasteiger partial charge in [0, 0.05) is 15.8 Å². The number of H-pyrrole nitrogens is 1. The third-order valence-electron chi connectivity index (χ3n) is 2.80. The molecule has 0 bridgehead atoms. The molecule has 1 atom stereocenters. The lowest BCUT2D eigenvalue weighted by atomic mass is 10.1. The average Bonchev–Trinajstić information content (AvgIpc) is 2.84. The van der Waals surface area contributed by atoms with Crippen LogP contribution in [0, 0.1) is 13.8 Å². The van der Waals surface area contributed by atoms with Crippen LogP contribution < -0.4 is 10.5 Å². The fourth-order valence-electron chi connectivity index (χ4n) is 1.94. The SMILES string of the molecule is Cc1cc(C(C)NS(=O)(=O)c2cn[nH]c2N)c(C)s1. The predicted molar refractivity (Wildman–Crippen MR) is 75.5 cm³/mol. The first-order valence-electron chi connectivity index (χ1n) is 5.69. The molecular formula is C11H16N4O2S2. The molecule has 8 heteroatoms. The number of aromatic nitrogens is 2. The largest absolute Gasteiger partial charge is 0.383 e. The number of rotatable bonds is 4. The molecule has 6 nitrogen and oxygen atoms in total. The molecule has 4 N–H and O–H groups in total. The Morgan fingerprint density at radius 3 is 2.63 bits per heavy atom. The van der Waals surface area contributed by atoms with Crippen molar-refractivity contribution in [2.75, 3.05) is 5.73 Å². The number of hydrogen-bond donors (Lipinski definition) is 3. The molecule has 0 radical (unpaired) electrons. The van der Waals surface area contributed by atoms with Gasteiger partial charge < -0.3 is 5.73 Å². The third kappa shape index (κ3) is 2.80. The molecule has 0 aliphatic carbocycles. The number of anilines is 1. The van der Waals surface area contributed by atoms with Crippen molar-refractivity contribution in [2.45, 2.75) is 31.7 Å². The van der Waals surface area contributed by atoms with E-state index in [-0.39, 0.29) is 16.8 Å². The van der Waals surface area contributed by atoms with Crippen molar-refractivity contribution in [3.63, 3.8) is 0 Å². The Bertz CT molecular complexity index is 687. The zero-order valence-corrected chi connectivity index (χ0v) is 12.5. The highest BCUT2D eigenvalue weighted by Gasteiger charge is 2.23. The highest BCUT2D eigenvalue weighted by molar-refractivity contribution is 7.89. The highest BCUT2D eigenvalue weighted by atomic mass is 32.2. The van der Waals surface area contributed by atoms with Gasteiger partial charge in [0.15, 0.2) is 0 Å². The van der Waals surface area contributed by atoms with Crippen LogP contribution in [0.15, 0.2) is 17.2 Å². The van der Waals surface area contributed by atoms with Crippen molar-refractivity contribution in [1.82, 2.24) is 14.9 Å². The van der Waals surface area contributed by atoms with Crippen LogP contribution >= 0.6 is 11.3 Å². The van der Waals surface area contributed by atoms with Crippen molar-refractivity contribution in [3.05, 3.63) is 27.6 Å². The second-order valence-electron chi connectivity index (χ2n) is 4.36. The smallest absolute Gasteiger partial charge is 0.246 e. The molecule has 1 unspecified atom stereocenters. The summed E-state index contributed by atoms with van der Waals surface area (Å²) < 4.78 is 26.9. The molecule has 0 spiro atoms. The minimum Gasteiger partial charge on any atom is -0.383 e. The summed E-state index contributed by atoms with van der Waals surface area (Å²) in [5.74, 6) is 0.0397. The summed E-state index contributed by atoms with van der Waals surface area (Å²) in [6.07, 6.45) is 1.20. The first-order chi connectivity index (χ1) is 8.81. The van der Waals surface area contributed by atoms with E-state index in [0.29, 0.717) is 0 Å². The quantitative estimate of drug-likeness (QED) is 0.800. The maximum Gasteiger partial charge on any atom is 0.246 e. The molecule has 0 fully saturated rings. The van der Waals surface area contributed by atoms with Crippen LogP contribution in [0.2, 0.25) is 0 Å². The molecule has 104 valence electrons. The van der Waals surface area contributed by atoms with Gasteiger partial charge in [-0.15, -0.1) is 11.3 Å².